The Kier molecular flexibility index (Phi) is 4.24. The summed E-state index contributed by atoms with van der Waals surface area (Å²) in [6, 6.07) is 19.8. The van der Waals surface area contributed by atoms with Crippen LogP contribution >= 0.6 is 0 Å². The molecule has 1 aliphatic carbocycles. The first-order chi connectivity index (χ1) is 14.2. The number of hydrogen-bond acceptors (Lipinski definition) is 3. The fourth-order valence-corrected chi connectivity index (χ4v) is 3.61. The maximum Gasteiger partial charge on any atom is 0.259 e. The lowest BCUT2D eigenvalue weighted by Crippen LogP contribution is -2.15. The van der Waals surface area contributed by atoms with Crippen LogP contribution in [0.25, 0.3) is 11.4 Å². The van der Waals surface area contributed by atoms with Gasteiger partial charge in [0, 0.05) is 5.92 Å². The van der Waals surface area contributed by atoms with Gasteiger partial charge in [0.2, 0.25) is 0 Å². The Labute approximate surface area is 168 Å². The Morgan fingerprint density at radius 3 is 2.10 bits per heavy atom. The zero-order valence-electron chi connectivity index (χ0n) is 16.1. The van der Waals surface area contributed by atoms with Crippen molar-refractivity contribution in [1.82, 2.24) is 19.6 Å². The van der Waals surface area contributed by atoms with Gasteiger partial charge in [-0.3, -0.25) is 4.79 Å². The predicted octanol–water partition coefficient (Wildman–Crippen LogP) is 4.50. The third-order valence-corrected chi connectivity index (χ3v) is 5.27. The molecular formula is C23H21N5O. The van der Waals surface area contributed by atoms with Crippen LogP contribution in [0.3, 0.4) is 0 Å². The lowest BCUT2D eigenvalue weighted by molar-refractivity contribution is 0.102. The Bertz CT molecular complexity index is 1160. The number of rotatable bonds is 5. The summed E-state index contributed by atoms with van der Waals surface area (Å²) < 4.78 is 3.72. The standard InChI is InChI=1S/C23H21N5O/c1-16-21(15-25-27(16)18-8-4-2-5-9-18)26-23(29)20-14-24-28(22(20)17-12-13-17)19-10-6-3-7-11-19/h2-11,14-15,17H,12-13H2,1H3,(H,26,29). The number of hydrogen-bond donors (Lipinski definition) is 1. The maximum absolute atomic E-state index is 13.1. The van der Waals surface area contributed by atoms with Gasteiger partial charge >= 0.3 is 0 Å². The highest BCUT2D eigenvalue weighted by Gasteiger charge is 2.33. The second-order valence-electron chi connectivity index (χ2n) is 7.31. The molecule has 1 saturated carbocycles. The summed E-state index contributed by atoms with van der Waals surface area (Å²) in [7, 11) is 0. The first-order valence-corrected chi connectivity index (χ1v) is 9.77. The molecule has 2 aromatic heterocycles. The van der Waals surface area contributed by atoms with Crippen molar-refractivity contribution < 1.29 is 4.79 Å². The number of para-hydroxylation sites is 2. The Morgan fingerprint density at radius 2 is 1.48 bits per heavy atom. The molecule has 2 aromatic carbocycles. The molecular weight excluding hydrogens is 362 g/mol. The summed E-state index contributed by atoms with van der Waals surface area (Å²) in [4.78, 5) is 13.1. The molecule has 0 radical (unpaired) electrons. The van der Waals surface area contributed by atoms with E-state index in [1.54, 1.807) is 12.4 Å². The third-order valence-electron chi connectivity index (χ3n) is 5.27. The first-order valence-electron chi connectivity index (χ1n) is 9.77. The van der Waals surface area contributed by atoms with E-state index in [1.165, 1.54) is 0 Å². The summed E-state index contributed by atoms with van der Waals surface area (Å²) in [5.41, 5.74) is 5.13. The molecule has 1 N–H and O–H groups in total. The van der Waals surface area contributed by atoms with Crippen LogP contribution in [-0.4, -0.2) is 25.5 Å². The summed E-state index contributed by atoms with van der Waals surface area (Å²) in [5.74, 6) is 0.233. The lowest BCUT2D eigenvalue weighted by atomic mass is 10.1. The highest BCUT2D eigenvalue weighted by Crippen LogP contribution is 2.42. The summed E-state index contributed by atoms with van der Waals surface area (Å²) >= 11 is 0. The van der Waals surface area contributed by atoms with Crippen LogP contribution < -0.4 is 5.32 Å². The van der Waals surface area contributed by atoms with E-state index in [1.807, 2.05) is 77.0 Å². The van der Waals surface area contributed by atoms with Crippen molar-refractivity contribution >= 4 is 11.6 Å². The molecule has 6 heteroatoms. The van der Waals surface area contributed by atoms with Gasteiger partial charge in [-0.2, -0.15) is 10.2 Å². The van der Waals surface area contributed by atoms with E-state index < -0.39 is 0 Å². The largest absolute Gasteiger partial charge is 0.319 e. The van der Waals surface area contributed by atoms with Gasteiger partial charge in [0.1, 0.15) is 0 Å². The molecule has 1 fully saturated rings. The molecule has 0 unspecified atom stereocenters. The minimum absolute atomic E-state index is 0.148. The number of nitrogens with one attached hydrogen (secondary N) is 1. The highest BCUT2D eigenvalue weighted by molar-refractivity contribution is 6.05. The van der Waals surface area contributed by atoms with Gasteiger partial charge in [-0.25, -0.2) is 9.36 Å². The van der Waals surface area contributed by atoms with Gasteiger partial charge in [-0.1, -0.05) is 36.4 Å². The second-order valence-corrected chi connectivity index (χ2v) is 7.31. The number of aromatic nitrogens is 4. The number of benzene rings is 2. The van der Waals surface area contributed by atoms with Crippen molar-refractivity contribution in [3.63, 3.8) is 0 Å². The smallest absolute Gasteiger partial charge is 0.259 e. The van der Waals surface area contributed by atoms with Crippen molar-refractivity contribution in [2.24, 2.45) is 0 Å². The average Bonchev–Trinajstić information content (AvgIpc) is 3.40. The van der Waals surface area contributed by atoms with Crippen molar-refractivity contribution in [2.45, 2.75) is 25.7 Å². The number of nitrogens with zero attached hydrogens (tertiary/aromatic N) is 4. The zero-order chi connectivity index (χ0) is 19.8. The average molecular weight is 383 g/mol. The number of carbonyl (C=O) groups excluding carboxylic acids is 1. The number of anilines is 1. The third kappa shape index (κ3) is 3.23. The molecule has 4 aromatic rings. The fraction of sp³-hybridized carbons (Fsp3) is 0.174. The van der Waals surface area contributed by atoms with E-state index in [-0.39, 0.29) is 5.91 Å². The van der Waals surface area contributed by atoms with Crippen molar-refractivity contribution in [2.75, 3.05) is 5.32 Å². The Hall–Kier alpha value is -3.67. The van der Waals surface area contributed by atoms with Crippen molar-refractivity contribution in [3.05, 3.63) is 90.0 Å². The molecule has 1 aliphatic rings. The van der Waals surface area contributed by atoms with Gasteiger partial charge in [-0.15, -0.1) is 0 Å². The minimum Gasteiger partial charge on any atom is -0.319 e. The Morgan fingerprint density at radius 1 is 0.897 bits per heavy atom. The Balaban J connectivity index is 1.45. The van der Waals surface area contributed by atoms with Gasteiger partial charge < -0.3 is 5.32 Å². The normalized spacial score (nSPS) is 13.4. The van der Waals surface area contributed by atoms with Crippen LogP contribution in [0.15, 0.2) is 73.1 Å². The maximum atomic E-state index is 13.1. The fourth-order valence-electron chi connectivity index (χ4n) is 3.61. The van der Waals surface area contributed by atoms with E-state index in [2.05, 4.69) is 15.5 Å². The van der Waals surface area contributed by atoms with Crippen LogP contribution in [0.5, 0.6) is 0 Å². The SMILES string of the molecule is Cc1c(NC(=O)c2cnn(-c3ccccc3)c2C2CC2)cnn1-c1ccccc1. The van der Waals surface area contributed by atoms with Crippen molar-refractivity contribution in [1.29, 1.82) is 0 Å². The molecule has 0 saturated heterocycles. The van der Waals surface area contributed by atoms with E-state index in [4.69, 9.17) is 0 Å². The van der Waals surface area contributed by atoms with E-state index in [9.17, 15) is 4.79 Å². The molecule has 6 nitrogen and oxygen atoms in total. The first kappa shape index (κ1) is 17.4. The van der Waals surface area contributed by atoms with Crippen molar-refractivity contribution in [3.8, 4) is 11.4 Å². The molecule has 2 heterocycles. The molecule has 0 aliphatic heterocycles. The quantitative estimate of drug-likeness (QED) is 0.552. The van der Waals surface area contributed by atoms with Gasteiger partial charge in [-0.05, 0) is 44.0 Å². The van der Waals surface area contributed by atoms with Gasteiger partial charge in [0.15, 0.2) is 0 Å². The van der Waals surface area contributed by atoms with Gasteiger partial charge in [0.25, 0.3) is 5.91 Å². The second kappa shape index (κ2) is 7.05. The van der Waals surface area contributed by atoms with E-state index in [0.717, 1.165) is 35.6 Å². The van der Waals surface area contributed by atoms with Gasteiger partial charge in [0.05, 0.1) is 46.4 Å². The minimum atomic E-state index is -0.148. The molecule has 0 bridgehead atoms. The number of carbonyl (C=O) groups is 1. The molecule has 5 rings (SSSR count). The van der Waals surface area contributed by atoms with Crippen LogP contribution in [0, 0.1) is 6.92 Å². The predicted molar refractivity (Wildman–Crippen MR) is 112 cm³/mol. The summed E-state index contributed by atoms with van der Waals surface area (Å²) in [5, 5.41) is 12.0. The highest BCUT2D eigenvalue weighted by atomic mass is 16.1. The van der Waals surface area contributed by atoms with Crippen LogP contribution in [-0.2, 0) is 0 Å². The summed E-state index contributed by atoms with van der Waals surface area (Å²) in [6.45, 7) is 1.95. The monoisotopic (exact) mass is 383 g/mol. The lowest BCUT2D eigenvalue weighted by Gasteiger charge is -2.10. The van der Waals surface area contributed by atoms with Crippen LogP contribution in [0.2, 0.25) is 0 Å². The molecule has 0 atom stereocenters. The zero-order valence-corrected chi connectivity index (χ0v) is 16.1. The topological polar surface area (TPSA) is 64.7 Å². The molecule has 144 valence electrons. The summed E-state index contributed by atoms with van der Waals surface area (Å²) in [6.07, 6.45) is 5.54. The molecule has 1 amide bonds. The number of amides is 1. The van der Waals surface area contributed by atoms with E-state index in [0.29, 0.717) is 17.2 Å². The van der Waals surface area contributed by atoms with Crippen LogP contribution in [0.1, 0.15) is 40.5 Å². The van der Waals surface area contributed by atoms with E-state index >= 15 is 0 Å². The molecule has 29 heavy (non-hydrogen) atoms. The molecule has 0 spiro atoms. The van der Waals surface area contributed by atoms with Crippen LogP contribution in [0.4, 0.5) is 5.69 Å².